The third kappa shape index (κ3) is 2.53. The SMILES string of the molecule is [NH3+]CC(=O)Oc1ccc([N+](=O)[O-])cc1. The Morgan fingerprint density at radius 2 is 2.00 bits per heavy atom. The molecule has 0 spiro atoms. The van der Waals surface area contributed by atoms with Crippen molar-refractivity contribution in [1.29, 1.82) is 0 Å². The van der Waals surface area contributed by atoms with Crippen LogP contribution in [0.5, 0.6) is 5.75 Å². The van der Waals surface area contributed by atoms with Crippen LogP contribution in [0, 0.1) is 10.1 Å². The van der Waals surface area contributed by atoms with Crippen LogP contribution in [0.2, 0.25) is 0 Å². The average molecular weight is 197 g/mol. The number of benzene rings is 1. The van der Waals surface area contributed by atoms with Gasteiger partial charge >= 0.3 is 5.97 Å². The molecule has 0 saturated heterocycles. The average Bonchev–Trinajstić information content (AvgIpc) is 2.18. The van der Waals surface area contributed by atoms with Gasteiger partial charge in [0.15, 0.2) is 6.54 Å². The molecule has 0 fully saturated rings. The highest BCUT2D eigenvalue weighted by molar-refractivity contribution is 5.73. The van der Waals surface area contributed by atoms with E-state index in [2.05, 4.69) is 5.73 Å². The Morgan fingerprint density at radius 3 is 2.43 bits per heavy atom. The van der Waals surface area contributed by atoms with Crippen molar-refractivity contribution in [2.24, 2.45) is 0 Å². The summed E-state index contributed by atoms with van der Waals surface area (Å²) in [7, 11) is 0. The number of nitrogens with zero attached hydrogens (tertiary/aromatic N) is 1. The molecule has 0 aliphatic heterocycles. The molecule has 0 saturated carbocycles. The zero-order chi connectivity index (χ0) is 10.6. The van der Waals surface area contributed by atoms with Gasteiger partial charge in [0.05, 0.1) is 4.92 Å². The van der Waals surface area contributed by atoms with E-state index in [0.717, 1.165) is 0 Å². The zero-order valence-electron chi connectivity index (χ0n) is 7.30. The minimum Gasteiger partial charge on any atom is -0.422 e. The minimum atomic E-state index is -0.521. The number of hydrogen-bond acceptors (Lipinski definition) is 4. The van der Waals surface area contributed by atoms with E-state index in [9.17, 15) is 14.9 Å². The molecule has 14 heavy (non-hydrogen) atoms. The molecule has 1 rings (SSSR count). The summed E-state index contributed by atoms with van der Waals surface area (Å²) in [6, 6.07) is 5.27. The number of nitro benzene ring substituents is 1. The number of quaternary nitrogens is 1. The lowest BCUT2D eigenvalue weighted by molar-refractivity contribution is -0.384. The Bertz CT molecular complexity index is 347. The van der Waals surface area contributed by atoms with E-state index >= 15 is 0 Å². The lowest BCUT2D eigenvalue weighted by atomic mass is 10.3. The van der Waals surface area contributed by atoms with Crippen molar-refractivity contribution < 1.29 is 20.2 Å². The van der Waals surface area contributed by atoms with Crippen molar-refractivity contribution in [2.45, 2.75) is 0 Å². The molecule has 0 bridgehead atoms. The number of carbonyl (C=O) groups excluding carboxylic acids is 1. The van der Waals surface area contributed by atoms with Crippen molar-refractivity contribution in [3.63, 3.8) is 0 Å². The van der Waals surface area contributed by atoms with Crippen molar-refractivity contribution in [3.8, 4) is 5.75 Å². The first-order valence-electron chi connectivity index (χ1n) is 3.88. The number of carbonyl (C=O) groups is 1. The molecule has 6 nitrogen and oxygen atoms in total. The standard InChI is InChI=1S/C8H8N2O4/c9-5-8(11)14-7-3-1-6(2-4-7)10(12)13/h1-4H,5,9H2/p+1. The zero-order valence-corrected chi connectivity index (χ0v) is 7.30. The summed E-state index contributed by atoms with van der Waals surface area (Å²) in [5.74, 6) is -0.192. The normalized spacial score (nSPS) is 9.50. The fourth-order valence-corrected chi connectivity index (χ4v) is 0.818. The van der Waals surface area contributed by atoms with Crippen LogP contribution in [0.3, 0.4) is 0 Å². The number of hydrogen-bond donors (Lipinski definition) is 1. The Morgan fingerprint density at radius 1 is 1.43 bits per heavy atom. The summed E-state index contributed by atoms with van der Waals surface area (Å²) in [5, 5.41) is 10.3. The van der Waals surface area contributed by atoms with Gasteiger partial charge in [0, 0.05) is 12.1 Å². The highest BCUT2D eigenvalue weighted by atomic mass is 16.6. The molecule has 0 heterocycles. The van der Waals surface area contributed by atoms with Crippen molar-refractivity contribution >= 4 is 11.7 Å². The minimum absolute atomic E-state index is 0.0248. The summed E-state index contributed by atoms with van der Waals surface area (Å²) in [6.45, 7) is 0.0248. The molecule has 6 heteroatoms. The fraction of sp³-hybridized carbons (Fsp3) is 0.125. The van der Waals surface area contributed by atoms with E-state index in [1.807, 2.05) is 0 Å². The van der Waals surface area contributed by atoms with Crippen LogP contribution in [0.15, 0.2) is 24.3 Å². The molecule has 0 atom stereocenters. The number of rotatable bonds is 3. The third-order valence-electron chi connectivity index (χ3n) is 1.48. The van der Waals surface area contributed by atoms with Gasteiger partial charge in [0.2, 0.25) is 0 Å². The van der Waals surface area contributed by atoms with E-state index in [0.29, 0.717) is 0 Å². The Hall–Kier alpha value is -1.95. The number of esters is 1. The Kier molecular flexibility index (Phi) is 3.14. The van der Waals surface area contributed by atoms with Gasteiger partial charge in [-0.3, -0.25) is 10.1 Å². The molecule has 0 aromatic heterocycles. The number of nitro groups is 1. The molecule has 1 aromatic rings. The molecule has 0 aliphatic carbocycles. The molecular weight excluding hydrogens is 188 g/mol. The third-order valence-corrected chi connectivity index (χ3v) is 1.48. The van der Waals surface area contributed by atoms with Gasteiger partial charge in [0.1, 0.15) is 5.75 Å². The molecule has 1 aromatic carbocycles. The Labute approximate surface area is 79.4 Å². The molecule has 3 N–H and O–H groups in total. The molecular formula is C8H9N2O4+. The fourth-order valence-electron chi connectivity index (χ4n) is 0.818. The van der Waals surface area contributed by atoms with E-state index in [4.69, 9.17) is 4.74 Å². The second-order valence-corrected chi connectivity index (χ2v) is 2.48. The molecule has 0 unspecified atom stereocenters. The number of ether oxygens (including phenoxy) is 1. The van der Waals surface area contributed by atoms with Gasteiger partial charge in [0.25, 0.3) is 5.69 Å². The highest BCUT2D eigenvalue weighted by Crippen LogP contribution is 2.16. The lowest BCUT2D eigenvalue weighted by Gasteiger charge is -1.99. The summed E-state index contributed by atoms with van der Waals surface area (Å²) in [5.41, 5.74) is 3.30. The molecule has 0 radical (unpaired) electrons. The highest BCUT2D eigenvalue weighted by Gasteiger charge is 2.07. The second kappa shape index (κ2) is 4.33. The van der Waals surface area contributed by atoms with Crippen LogP contribution in [-0.4, -0.2) is 17.4 Å². The van der Waals surface area contributed by atoms with Crippen LogP contribution >= 0.6 is 0 Å². The van der Waals surface area contributed by atoms with E-state index in [-0.39, 0.29) is 18.0 Å². The van der Waals surface area contributed by atoms with E-state index in [1.54, 1.807) is 0 Å². The topological polar surface area (TPSA) is 97.1 Å². The molecule has 74 valence electrons. The predicted octanol–water partition coefficient (Wildman–Crippen LogP) is -0.258. The Balaban J connectivity index is 2.73. The van der Waals surface area contributed by atoms with Gasteiger partial charge in [-0.05, 0) is 12.1 Å². The van der Waals surface area contributed by atoms with Crippen molar-refractivity contribution in [1.82, 2.24) is 0 Å². The van der Waals surface area contributed by atoms with Crippen LogP contribution in [-0.2, 0) is 4.79 Å². The maximum atomic E-state index is 10.8. The number of non-ortho nitro benzene ring substituents is 1. The van der Waals surface area contributed by atoms with Crippen molar-refractivity contribution in [3.05, 3.63) is 34.4 Å². The second-order valence-electron chi connectivity index (χ2n) is 2.48. The van der Waals surface area contributed by atoms with E-state index < -0.39 is 10.9 Å². The van der Waals surface area contributed by atoms with Crippen LogP contribution in [0.25, 0.3) is 0 Å². The van der Waals surface area contributed by atoms with Crippen LogP contribution < -0.4 is 10.5 Å². The first-order chi connectivity index (χ1) is 6.63. The van der Waals surface area contributed by atoms with Crippen molar-refractivity contribution in [2.75, 3.05) is 6.54 Å². The smallest absolute Gasteiger partial charge is 0.366 e. The van der Waals surface area contributed by atoms with Gasteiger partial charge in [-0.2, -0.15) is 0 Å². The van der Waals surface area contributed by atoms with Gasteiger partial charge in [-0.15, -0.1) is 0 Å². The van der Waals surface area contributed by atoms with Gasteiger partial charge in [-0.1, -0.05) is 0 Å². The quantitative estimate of drug-likeness (QED) is 0.312. The first-order valence-corrected chi connectivity index (χ1v) is 3.88. The predicted molar refractivity (Wildman–Crippen MR) is 46.5 cm³/mol. The maximum Gasteiger partial charge on any atom is 0.366 e. The van der Waals surface area contributed by atoms with Gasteiger partial charge < -0.3 is 10.5 Å². The summed E-state index contributed by atoms with van der Waals surface area (Å²) < 4.78 is 4.77. The maximum absolute atomic E-state index is 10.8. The van der Waals surface area contributed by atoms with Gasteiger partial charge in [-0.25, -0.2) is 4.79 Å². The summed E-state index contributed by atoms with van der Waals surface area (Å²) in [4.78, 5) is 20.5. The van der Waals surface area contributed by atoms with Crippen LogP contribution in [0.1, 0.15) is 0 Å². The first kappa shape index (κ1) is 10.1. The molecule has 0 aliphatic rings. The summed E-state index contributed by atoms with van der Waals surface area (Å²) >= 11 is 0. The summed E-state index contributed by atoms with van der Waals surface area (Å²) in [6.07, 6.45) is 0. The largest absolute Gasteiger partial charge is 0.422 e. The lowest BCUT2D eigenvalue weighted by Crippen LogP contribution is -2.55. The monoisotopic (exact) mass is 197 g/mol. The van der Waals surface area contributed by atoms with Crippen LogP contribution in [0.4, 0.5) is 5.69 Å². The molecule has 0 amide bonds. The van der Waals surface area contributed by atoms with E-state index in [1.165, 1.54) is 24.3 Å².